The number of urea groups is 1. The minimum atomic E-state index is -0.140. The summed E-state index contributed by atoms with van der Waals surface area (Å²) in [6, 6.07) is 8.93. The molecule has 0 aromatic heterocycles. The molecule has 2 bridgehead atoms. The lowest BCUT2D eigenvalue weighted by molar-refractivity contribution is 0.151. The number of benzene rings is 1. The molecule has 5 heteroatoms. The van der Waals surface area contributed by atoms with Crippen molar-refractivity contribution in [3.63, 3.8) is 0 Å². The van der Waals surface area contributed by atoms with Crippen molar-refractivity contribution in [2.75, 3.05) is 12.4 Å². The van der Waals surface area contributed by atoms with E-state index in [9.17, 15) is 4.79 Å². The average Bonchev–Trinajstić information content (AvgIpc) is 2.71. The van der Waals surface area contributed by atoms with Crippen LogP contribution in [0.25, 0.3) is 0 Å². The van der Waals surface area contributed by atoms with E-state index in [4.69, 9.17) is 4.74 Å². The molecule has 23 heavy (non-hydrogen) atoms. The summed E-state index contributed by atoms with van der Waals surface area (Å²) in [5.74, 6) is 0.709. The Morgan fingerprint density at radius 3 is 2.52 bits per heavy atom. The number of piperidine rings is 1. The fourth-order valence-electron chi connectivity index (χ4n) is 3.80. The van der Waals surface area contributed by atoms with Gasteiger partial charge < -0.3 is 20.3 Å². The normalized spacial score (nSPS) is 27.0. The van der Waals surface area contributed by atoms with Crippen LogP contribution >= 0.6 is 0 Å². The second-order valence-corrected chi connectivity index (χ2v) is 6.98. The van der Waals surface area contributed by atoms with Crippen LogP contribution in [0, 0.1) is 0 Å². The van der Waals surface area contributed by atoms with Crippen molar-refractivity contribution < 1.29 is 9.53 Å². The van der Waals surface area contributed by atoms with Crippen molar-refractivity contribution in [1.82, 2.24) is 10.2 Å². The second kappa shape index (κ2) is 6.79. The maximum Gasteiger partial charge on any atom is 0.319 e. The fourth-order valence-corrected chi connectivity index (χ4v) is 3.80. The zero-order chi connectivity index (χ0) is 16.4. The maximum absolute atomic E-state index is 12.3. The molecule has 2 amide bonds. The molecule has 1 aromatic rings. The molecule has 0 radical (unpaired) electrons. The summed E-state index contributed by atoms with van der Waals surface area (Å²) in [5, 5.41) is 6.07. The molecule has 2 aliphatic heterocycles. The number of anilines is 1. The van der Waals surface area contributed by atoms with Crippen LogP contribution in [0.1, 0.15) is 39.5 Å². The summed E-state index contributed by atoms with van der Waals surface area (Å²) in [6.07, 6.45) is 4.68. The SMILES string of the molecule is CC(C)Oc1ccccc1NC(=O)NC1C[C@H]2CC[C@@H](C1)N2C. The zero-order valence-electron chi connectivity index (χ0n) is 14.2. The summed E-state index contributed by atoms with van der Waals surface area (Å²) >= 11 is 0. The van der Waals surface area contributed by atoms with Crippen LogP contribution in [0.4, 0.5) is 10.5 Å². The van der Waals surface area contributed by atoms with Crippen LogP contribution in [-0.2, 0) is 0 Å². The van der Waals surface area contributed by atoms with E-state index in [2.05, 4.69) is 22.6 Å². The molecule has 0 aliphatic carbocycles. The molecule has 0 saturated carbocycles. The number of amides is 2. The van der Waals surface area contributed by atoms with Crippen LogP contribution in [0.3, 0.4) is 0 Å². The Kier molecular flexibility index (Phi) is 4.76. The van der Waals surface area contributed by atoms with E-state index >= 15 is 0 Å². The third-order valence-electron chi connectivity index (χ3n) is 4.93. The molecule has 2 saturated heterocycles. The van der Waals surface area contributed by atoms with Crippen molar-refractivity contribution in [3.8, 4) is 5.75 Å². The lowest BCUT2D eigenvalue weighted by Gasteiger charge is -2.36. The van der Waals surface area contributed by atoms with Gasteiger partial charge in [0.2, 0.25) is 0 Å². The molecule has 126 valence electrons. The summed E-state index contributed by atoms with van der Waals surface area (Å²) in [6.45, 7) is 3.95. The highest BCUT2D eigenvalue weighted by Crippen LogP contribution is 2.34. The fraction of sp³-hybridized carbons (Fsp3) is 0.611. The predicted molar refractivity (Wildman–Crippen MR) is 92.0 cm³/mol. The topological polar surface area (TPSA) is 53.6 Å². The predicted octanol–water partition coefficient (Wildman–Crippen LogP) is 3.22. The molecule has 2 aliphatic rings. The molecule has 1 aromatic carbocycles. The molecule has 1 unspecified atom stereocenters. The summed E-state index contributed by atoms with van der Waals surface area (Å²) in [4.78, 5) is 14.8. The first-order chi connectivity index (χ1) is 11.0. The minimum Gasteiger partial charge on any atom is -0.489 e. The van der Waals surface area contributed by atoms with Crippen LogP contribution in [-0.4, -0.2) is 42.2 Å². The van der Waals surface area contributed by atoms with E-state index in [0.29, 0.717) is 17.8 Å². The summed E-state index contributed by atoms with van der Waals surface area (Å²) in [7, 11) is 2.21. The van der Waals surface area contributed by atoms with Gasteiger partial charge in [0.1, 0.15) is 5.75 Å². The molecule has 3 atom stereocenters. The number of carbonyl (C=O) groups is 1. The van der Waals surface area contributed by atoms with Gasteiger partial charge in [-0.05, 0) is 58.7 Å². The lowest BCUT2D eigenvalue weighted by atomic mass is 9.98. The van der Waals surface area contributed by atoms with Gasteiger partial charge in [0.05, 0.1) is 11.8 Å². The molecule has 2 N–H and O–H groups in total. The molecule has 5 nitrogen and oxygen atoms in total. The number of fused-ring (bicyclic) bond motifs is 2. The first kappa shape index (κ1) is 16.1. The van der Waals surface area contributed by atoms with E-state index in [0.717, 1.165) is 18.5 Å². The third kappa shape index (κ3) is 3.78. The van der Waals surface area contributed by atoms with Crippen LogP contribution < -0.4 is 15.4 Å². The van der Waals surface area contributed by atoms with Crippen molar-refractivity contribution in [2.24, 2.45) is 0 Å². The largest absolute Gasteiger partial charge is 0.489 e. The molecule has 2 fully saturated rings. The van der Waals surface area contributed by atoms with Crippen LogP contribution in [0.15, 0.2) is 24.3 Å². The quantitative estimate of drug-likeness (QED) is 0.896. The van der Waals surface area contributed by atoms with Gasteiger partial charge in [-0.15, -0.1) is 0 Å². The number of rotatable bonds is 4. The number of nitrogens with zero attached hydrogens (tertiary/aromatic N) is 1. The molecule has 0 spiro atoms. The Labute approximate surface area is 138 Å². The highest BCUT2D eigenvalue weighted by molar-refractivity contribution is 5.91. The van der Waals surface area contributed by atoms with Gasteiger partial charge in [-0.1, -0.05) is 12.1 Å². The van der Waals surface area contributed by atoms with E-state index in [-0.39, 0.29) is 18.2 Å². The van der Waals surface area contributed by atoms with Gasteiger partial charge in [-0.3, -0.25) is 0 Å². The number of hydrogen-bond donors (Lipinski definition) is 2. The van der Waals surface area contributed by atoms with Crippen molar-refractivity contribution in [2.45, 2.75) is 63.8 Å². The first-order valence-corrected chi connectivity index (χ1v) is 8.58. The van der Waals surface area contributed by atoms with Crippen molar-refractivity contribution in [3.05, 3.63) is 24.3 Å². The number of ether oxygens (including phenoxy) is 1. The van der Waals surface area contributed by atoms with Crippen molar-refractivity contribution in [1.29, 1.82) is 0 Å². The maximum atomic E-state index is 12.3. The molecule has 2 heterocycles. The molecular formula is C18H27N3O2. The standard InChI is InChI=1S/C18H27N3O2/c1-12(2)23-17-7-5-4-6-16(17)20-18(22)19-13-10-14-8-9-15(11-13)21(14)3/h4-7,12-15H,8-11H2,1-3H3,(H2,19,20,22)/t13?,14-,15+. The number of carbonyl (C=O) groups excluding carboxylic acids is 1. The molecule has 3 rings (SSSR count). The van der Waals surface area contributed by atoms with Gasteiger partial charge in [-0.2, -0.15) is 0 Å². The van der Waals surface area contributed by atoms with E-state index < -0.39 is 0 Å². The third-order valence-corrected chi connectivity index (χ3v) is 4.93. The van der Waals surface area contributed by atoms with Gasteiger partial charge in [0.15, 0.2) is 0 Å². The van der Waals surface area contributed by atoms with Gasteiger partial charge in [-0.25, -0.2) is 4.79 Å². The smallest absolute Gasteiger partial charge is 0.319 e. The van der Waals surface area contributed by atoms with Crippen LogP contribution in [0.5, 0.6) is 5.75 Å². The zero-order valence-corrected chi connectivity index (χ0v) is 14.2. The van der Waals surface area contributed by atoms with Crippen molar-refractivity contribution >= 4 is 11.7 Å². The monoisotopic (exact) mass is 317 g/mol. The van der Waals surface area contributed by atoms with Gasteiger partial charge in [0.25, 0.3) is 0 Å². The summed E-state index contributed by atoms with van der Waals surface area (Å²) in [5.41, 5.74) is 0.717. The van der Waals surface area contributed by atoms with E-state index in [1.54, 1.807) is 0 Å². The second-order valence-electron chi connectivity index (χ2n) is 6.98. The number of para-hydroxylation sites is 2. The average molecular weight is 317 g/mol. The van der Waals surface area contributed by atoms with Crippen LogP contribution in [0.2, 0.25) is 0 Å². The highest BCUT2D eigenvalue weighted by atomic mass is 16.5. The van der Waals surface area contributed by atoms with E-state index in [1.807, 2.05) is 38.1 Å². The Balaban J connectivity index is 1.58. The number of hydrogen-bond acceptors (Lipinski definition) is 3. The first-order valence-electron chi connectivity index (χ1n) is 8.58. The van der Waals surface area contributed by atoms with Gasteiger partial charge >= 0.3 is 6.03 Å². The minimum absolute atomic E-state index is 0.0746. The highest BCUT2D eigenvalue weighted by Gasteiger charge is 2.38. The Morgan fingerprint density at radius 1 is 1.22 bits per heavy atom. The Morgan fingerprint density at radius 2 is 1.87 bits per heavy atom. The number of nitrogens with one attached hydrogen (secondary N) is 2. The Hall–Kier alpha value is -1.75. The molecular weight excluding hydrogens is 290 g/mol. The van der Waals surface area contributed by atoms with E-state index in [1.165, 1.54) is 12.8 Å². The summed E-state index contributed by atoms with van der Waals surface area (Å²) < 4.78 is 5.75. The Bertz CT molecular complexity index is 547. The van der Waals surface area contributed by atoms with Gasteiger partial charge in [0, 0.05) is 18.1 Å². The lowest BCUT2D eigenvalue weighted by Crippen LogP contribution is -2.49.